The van der Waals surface area contributed by atoms with Crippen molar-refractivity contribution in [2.75, 3.05) is 20.8 Å². The Morgan fingerprint density at radius 1 is 0.600 bits per heavy atom. The van der Waals surface area contributed by atoms with Crippen LogP contribution >= 0.6 is 0 Å². The molecule has 0 fully saturated rings. The van der Waals surface area contributed by atoms with Gasteiger partial charge in [0, 0.05) is 20.8 Å². The Bertz CT molecular complexity index is 447. The highest BCUT2D eigenvalue weighted by atomic mass is 16.7. The lowest BCUT2D eigenvalue weighted by molar-refractivity contribution is -0.107. The number of unbranched alkanes of at least 4 members (excludes halogenated alkanes) is 14. The molecule has 30 heavy (non-hydrogen) atoms. The first-order chi connectivity index (χ1) is 14.9. The van der Waals surface area contributed by atoms with Gasteiger partial charge in [-0.05, 0) is 31.4 Å². The van der Waals surface area contributed by atoms with E-state index in [9.17, 15) is 0 Å². The van der Waals surface area contributed by atoms with Crippen LogP contribution in [0.25, 0.3) is 0 Å². The molecular weight excluding hydrogens is 370 g/mol. The third kappa shape index (κ3) is 16.8. The maximum Gasteiger partial charge on any atom is 0.156 e. The van der Waals surface area contributed by atoms with Gasteiger partial charge >= 0.3 is 0 Å². The van der Waals surface area contributed by atoms with E-state index in [0.717, 1.165) is 19.5 Å². The van der Waals surface area contributed by atoms with Gasteiger partial charge in [-0.2, -0.15) is 0 Å². The molecule has 174 valence electrons. The summed E-state index contributed by atoms with van der Waals surface area (Å²) >= 11 is 0. The van der Waals surface area contributed by atoms with E-state index in [1.807, 2.05) is 0 Å². The van der Waals surface area contributed by atoms with Gasteiger partial charge in [-0.1, -0.05) is 114 Å². The Morgan fingerprint density at radius 2 is 1.03 bits per heavy atom. The average Bonchev–Trinajstić information content (AvgIpc) is 2.78. The molecule has 0 aromatic heterocycles. The van der Waals surface area contributed by atoms with E-state index in [0.29, 0.717) is 0 Å². The monoisotopic (exact) mass is 419 g/mol. The first kappa shape index (κ1) is 27.1. The van der Waals surface area contributed by atoms with Gasteiger partial charge in [-0.25, -0.2) is 0 Å². The number of hydrogen-bond acceptors (Lipinski definition) is 3. The van der Waals surface area contributed by atoms with Gasteiger partial charge in [-0.15, -0.1) is 0 Å². The molecular formula is C27H49NO2. The van der Waals surface area contributed by atoms with Crippen LogP contribution in [0.5, 0.6) is 0 Å². The second-order valence-corrected chi connectivity index (χ2v) is 8.66. The molecule has 0 bridgehead atoms. The lowest BCUT2D eigenvalue weighted by Gasteiger charge is -2.12. The summed E-state index contributed by atoms with van der Waals surface area (Å²) in [6.07, 6.45) is 21.8. The molecule has 0 spiro atoms. The normalized spacial score (nSPS) is 11.4. The first-order valence-electron chi connectivity index (χ1n) is 12.7. The fourth-order valence-electron chi connectivity index (χ4n) is 4.02. The minimum absolute atomic E-state index is 0.00747. The molecule has 0 atom stereocenters. The van der Waals surface area contributed by atoms with Crippen LogP contribution in [0.1, 0.15) is 108 Å². The van der Waals surface area contributed by atoms with Crippen molar-refractivity contribution in [1.82, 2.24) is 5.32 Å². The largest absolute Gasteiger partial charge is 0.356 e. The van der Waals surface area contributed by atoms with Crippen LogP contribution in [0.2, 0.25) is 0 Å². The predicted octanol–water partition coefficient (Wildman–Crippen LogP) is 7.64. The van der Waals surface area contributed by atoms with E-state index in [2.05, 4.69) is 35.6 Å². The summed E-state index contributed by atoms with van der Waals surface area (Å²) in [7, 11) is 3.45. The fraction of sp³-hybridized carbons (Fsp3) is 0.778. The SMILES string of the molecule is COC(CCCCCCCCCCCCCCCCCNCc1ccccc1)OC. The minimum Gasteiger partial charge on any atom is -0.356 e. The van der Waals surface area contributed by atoms with Gasteiger partial charge in [0.2, 0.25) is 0 Å². The van der Waals surface area contributed by atoms with Gasteiger partial charge in [0.15, 0.2) is 6.29 Å². The van der Waals surface area contributed by atoms with Gasteiger partial charge in [-0.3, -0.25) is 0 Å². The quantitative estimate of drug-likeness (QED) is 0.155. The molecule has 1 aromatic carbocycles. The number of nitrogens with one attached hydrogen (secondary N) is 1. The van der Waals surface area contributed by atoms with E-state index in [-0.39, 0.29) is 6.29 Å². The van der Waals surface area contributed by atoms with Crippen molar-refractivity contribution in [1.29, 1.82) is 0 Å². The molecule has 0 unspecified atom stereocenters. The molecule has 0 saturated carbocycles. The van der Waals surface area contributed by atoms with Crippen molar-refractivity contribution in [2.45, 2.75) is 116 Å². The van der Waals surface area contributed by atoms with Crippen molar-refractivity contribution < 1.29 is 9.47 Å². The second-order valence-electron chi connectivity index (χ2n) is 8.66. The van der Waals surface area contributed by atoms with Gasteiger partial charge in [0.05, 0.1) is 0 Å². The Morgan fingerprint density at radius 3 is 1.50 bits per heavy atom. The van der Waals surface area contributed by atoms with E-state index < -0.39 is 0 Å². The number of benzene rings is 1. The van der Waals surface area contributed by atoms with Crippen molar-refractivity contribution in [3.05, 3.63) is 35.9 Å². The minimum atomic E-state index is -0.00747. The predicted molar refractivity (Wildman–Crippen MR) is 130 cm³/mol. The smallest absolute Gasteiger partial charge is 0.156 e. The molecule has 1 aromatic rings. The molecule has 0 aliphatic rings. The lowest BCUT2D eigenvalue weighted by atomic mass is 10.0. The number of hydrogen-bond donors (Lipinski definition) is 1. The summed E-state index contributed by atoms with van der Waals surface area (Å²) < 4.78 is 10.4. The van der Waals surface area contributed by atoms with E-state index in [1.165, 1.54) is 102 Å². The van der Waals surface area contributed by atoms with E-state index in [4.69, 9.17) is 9.47 Å². The molecule has 1 N–H and O–H groups in total. The Hall–Kier alpha value is -0.900. The topological polar surface area (TPSA) is 30.5 Å². The maximum absolute atomic E-state index is 5.22. The molecule has 0 amide bonds. The number of rotatable bonds is 22. The van der Waals surface area contributed by atoms with Crippen LogP contribution in [0.3, 0.4) is 0 Å². The zero-order valence-electron chi connectivity index (χ0n) is 20.0. The van der Waals surface area contributed by atoms with Crippen molar-refractivity contribution in [2.24, 2.45) is 0 Å². The summed E-state index contributed by atoms with van der Waals surface area (Å²) in [5.41, 5.74) is 1.39. The van der Waals surface area contributed by atoms with Crippen LogP contribution in [0, 0.1) is 0 Å². The molecule has 0 aliphatic carbocycles. The highest BCUT2D eigenvalue weighted by Crippen LogP contribution is 2.14. The molecule has 3 heteroatoms. The summed E-state index contributed by atoms with van der Waals surface area (Å²) in [4.78, 5) is 0. The van der Waals surface area contributed by atoms with E-state index >= 15 is 0 Å². The van der Waals surface area contributed by atoms with Gasteiger partial charge in [0.25, 0.3) is 0 Å². The lowest BCUT2D eigenvalue weighted by Crippen LogP contribution is -2.14. The molecule has 0 heterocycles. The molecule has 0 radical (unpaired) electrons. The maximum atomic E-state index is 5.22. The standard InChI is InChI=1S/C27H49NO2/c1-29-27(30-2)23-19-14-12-10-8-6-4-3-5-7-9-11-13-15-20-24-28-25-26-21-17-16-18-22-26/h16-18,21-22,27-28H,3-15,19-20,23-25H2,1-2H3. The first-order valence-corrected chi connectivity index (χ1v) is 12.7. The molecule has 1 rings (SSSR count). The van der Waals surface area contributed by atoms with Crippen LogP contribution in [-0.2, 0) is 16.0 Å². The molecule has 0 aliphatic heterocycles. The van der Waals surface area contributed by atoms with Crippen LogP contribution in [-0.4, -0.2) is 27.1 Å². The zero-order valence-corrected chi connectivity index (χ0v) is 20.0. The second kappa shape index (κ2) is 21.3. The van der Waals surface area contributed by atoms with Crippen LogP contribution < -0.4 is 5.32 Å². The third-order valence-electron chi connectivity index (χ3n) is 5.99. The van der Waals surface area contributed by atoms with Gasteiger partial charge in [0.1, 0.15) is 0 Å². The molecule has 0 saturated heterocycles. The fourth-order valence-corrected chi connectivity index (χ4v) is 4.02. The zero-order chi connectivity index (χ0) is 21.5. The Kier molecular flexibility index (Phi) is 19.3. The van der Waals surface area contributed by atoms with E-state index in [1.54, 1.807) is 14.2 Å². The molecule has 3 nitrogen and oxygen atoms in total. The number of methoxy groups -OCH3 is 2. The van der Waals surface area contributed by atoms with Crippen LogP contribution in [0.15, 0.2) is 30.3 Å². The highest BCUT2D eigenvalue weighted by molar-refractivity contribution is 5.14. The summed E-state index contributed by atoms with van der Waals surface area (Å²) in [6, 6.07) is 10.7. The van der Waals surface area contributed by atoms with Crippen LogP contribution in [0.4, 0.5) is 0 Å². The third-order valence-corrected chi connectivity index (χ3v) is 5.99. The van der Waals surface area contributed by atoms with Gasteiger partial charge < -0.3 is 14.8 Å². The summed E-state index contributed by atoms with van der Waals surface area (Å²) in [5.74, 6) is 0. The van der Waals surface area contributed by atoms with Crippen molar-refractivity contribution in [3.8, 4) is 0 Å². The van der Waals surface area contributed by atoms with Crippen molar-refractivity contribution >= 4 is 0 Å². The Balaban J connectivity index is 1.69. The van der Waals surface area contributed by atoms with Crippen molar-refractivity contribution in [3.63, 3.8) is 0 Å². The summed E-state index contributed by atoms with van der Waals surface area (Å²) in [6.45, 7) is 2.15. The highest BCUT2D eigenvalue weighted by Gasteiger charge is 2.03. The summed E-state index contributed by atoms with van der Waals surface area (Å²) in [5, 5.41) is 3.55. The number of ether oxygens (including phenoxy) is 2. The Labute approximate surface area is 187 Å². The average molecular weight is 420 g/mol.